The second-order valence-electron chi connectivity index (χ2n) is 4.95. The van der Waals surface area contributed by atoms with Gasteiger partial charge in [-0.1, -0.05) is 0 Å². The molecular weight excluding hydrogens is 256 g/mol. The van der Waals surface area contributed by atoms with E-state index in [-0.39, 0.29) is 11.9 Å². The molecule has 1 aliphatic heterocycles. The number of carbonyl (C=O) groups is 2. The first-order valence-corrected chi connectivity index (χ1v) is 6.75. The molecule has 0 atom stereocenters. The van der Waals surface area contributed by atoms with Crippen molar-refractivity contribution in [3.63, 3.8) is 0 Å². The number of amides is 3. The number of hydrogen-bond donors (Lipinski definition) is 3. The molecule has 1 fully saturated rings. The van der Waals surface area contributed by atoms with E-state index in [2.05, 4.69) is 10.6 Å². The molecule has 3 amide bonds. The van der Waals surface area contributed by atoms with Crippen molar-refractivity contribution >= 4 is 23.3 Å². The quantitative estimate of drug-likeness (QED) is 0.709. The zero-order chi connectivity index (χ0) is 14.5. The minimum Gasteiger partial charge on any atom is -0.399 e. The fraction of sp³-hybridized carbons (Fsp3) is 0.429. The summed E-state index contributed by atoms with van der Waals surface area (Å²) >= 11 is 0. The molecule has 4 N–H and O–H groups in total. The van der Waals surface area contributed by atoms with Crippen LogP contribution >= 0.6 is 0 Å². The number of rotatable bonds is 5. The molecule has 1 heterocycles. The minimum absolute atomic E-state index is 0.0419. The summed E-state index contributed by atoms with van der Waals surface area (Å²) in [5, 5.41) is 5.60. The van der Waals surface area contributed by atoms with Gasteiger partial charge in [0.15, 0.2) is 0 Å². The zero-order valence-corrected chi connectivity index (χ0v) is 11.6. The molecule has 1 aromatic carbocycles. The van der Waals surface area contributed by atoms with E-state index in [1.165, 1.54) is 0 Å². The van der Waals surface area contributed by atoms with Crippen LogP contribution in [0.1, 0.15) is 18.4 Å². The second kappa shape index (κ2) is 6.27. The molecule has 0 aromatic heterocycles. The van der Waals surface area contributed by atoms with Gasteiger partial charge in [-0.2, -0.15) is 0 Å². The Hall–Kier alpha value is -2.24. The predicted octanol–water partition coefficient (Wildman–Crippen LogP) is 1.32. The summed E-state index contributed by atoms with van der Waals surface area (Å²) in [6, 6.07) is 5.34. The summed E-state index contributed by atoms with van der Waals surface area (Å²) < 4.78 is 0. The molecule has 1 aliphatic rings. The van der Waals surface area contributed by atoms with Crippen LogP contribution < -0.4 is 16.4 Å². The van der Waals surface area contributed by atoms with Crippen LogP contribution in [0.4, 0.5) is 16.2 Å². The van der Waals surface area contributed by atoms with Crippen molar-refractivity contribution < 1.29 is 9.59 Å². The van der Waals surface area contributed by atoms with Crippen LogP contribution in [-0.4, -0.2) is 36.5 Å². The summed E-state index contributed by atoms with van der Waals surface area (Å²) in [4.78, 5) is 24.9. The smallest absolute Gasteiger partial charge is 0.317 e. The molecule has 6 nitrogen and oxygen atoms in total. The topological polar surface area (TPSA) is 87.5 Å². The normalized spacial score (nSPS) is 14.2. The van der Waals surface area contributed by atoms with E-state index in [1.54, 1.807) is 17.0 Å². The highest BCUT2D eigenvalue weighted by Crippen LogP contribution is 2.17. The highest BCUT2D eigenvalue weighted by atomic mass is 16.2. The molecule has 1 aromatic rings. The van der Waals surface area contributed by atoms with E-state index < -0.39 is 0 Å². The third kappa shape index (κ3) is 3.63. The van der Waals surface area contributed by atoms with Crippen molar-refractivity contribution in [1.82, 2.24) is 10.2 Å². The van der Waals surface area contributed by atoms with Gasteiger partial charge >= 0.3 is 6.03 Å². The molecular formula is C14H20N4O2. The maximum absolute atomic E-state index is 11.8. The minimum atomic E-state index is -0.0440. The van der Waals surface area contributed by atoms with Gasteiger partial charge in [-0.15, -0.1) is 0 Å². The number of aryl methyl sites for hydroxylation is 1. The summed E-state index contributed by atoms with van der Waals surface area (Å²) in [6.45, 7) is 3.92. The molecule has 2 rings (SSSR count). The van der Waals surface area contributed by atoms with Gasteiger partial charge in [0.1, 0.15) is 0 Å². The van der Waals surface area contributed by atoms with E-state index >= 15 is 0 Å². The molecule has 1 saturated heterocycles. The van der Waals surface area contributed by atoms with Crippen molar-refractivity contribution in [2.45, 2.75) is 19.8 Å². The van der Waals surface area contributed by atoms with Crippen LogP contribution in [0.5, 0.6) is 0 Å². The highest BCUT2D eigenvalue weighted by Gasteiger charge is 2.18. The van der Waals surface area contributed by atoms with E-state index in [1.807, 2.05) is 13.0 Å². The van der Waals surface area contributed by atoms with Gasteiger partial charge in [0, 0.05) is 37.4 Å². The van der Waals surface area contributed by atoms with Gasteiger partial charge in [-0.25, -0.2) is 4.79 Å². The van der Waals surface area contributed by atoms with Crippen LogP contribution in [0.25, 0.3) is 0 Å². The van der Waals surface area contributed by atoms with E-state index in [0.717, 1.165) is 17.8 Å². The molecule has 20 heavy (non-hydrogen) atoms. The Bertz CT molecular complexity index is 516. The van der Waals surface area contributed by atoms with Crippen molar-refractivity contribution in [3.8, 4) is 0 Å². The van der Waals surface area contributed by atoms with Crippen molar-refractivity contribution in [2.24, 2.45) is 0 Å². The van der Waals surface area contributed by atoms with Crippen LogP contribution in [0, 0.1) is 6.92 Å². The number of nitrogens with zero attached hydrogens (tertiary/aromatic N) is 1. The Kier molecular flexibility index (Phi) is 4.45. The Balaban J connectivity index is 1.76. The van der Waals surface area contributed by atoms with Gasteiger partial charge in [0.05, 0.1) is 0 Å². The first kappa shape index (κ1) is 14.2. The number of nitrogen functional groups attached to an aromatic ring is 1. The average molecular weight is 276 g/mol. The van der Waals surface area contributed by atoms with Crippen LogP contribution in [-0.2, 0) is 4.79 Å². The molecule has 108 valence electrons. The fourth-order valence-corrected chi connectivity index (χ4v) is 2.19. The zero-order valence-electron chi connectivity index (χ0n) is 11.6. The molecule has 0 saturated carbocycles. The highest BCUT2D eigenvalue weighted by molar-refractivity contribution is 5.91. The SMILES string of the molecule is Cc1cc(N)ccc1NC(=O)CCCN1CCNC1=O. The standard InChI is InChI=1S/C14H20N4O2/c1-10-9-11(15)4-5-12(10)17-13(19)3-2-7-18-8-6-16-14(18)20/h4-5,9H,2-3,6-8,15H2,1H3,(H,16,20)(H,17,19). The third-order valence-electron chi connectivity index (χ3n) is 3.30. The number of nitrogens with one attached hydrogen (secondary N) is 2. The first-order chi connectivity index (χ1) is 9.56. The molecule has 0 radical (unpaired) electrons. The van der Waals surface area contributed by atoms with Crippen molar-refractivity contribution in [1.29, 1.82) is 0 Å². The Labute approximate surface area is 118 Å². The summed E-state index contributed by atoms with van der Waals surface area (Å²) in [5.74, 6) is -0.0440. The number of benzene rings is 1. The Morgan fingerprint density at radius 1 is 1.50 bits per heavy atom. The predicted molar refractivity (Wildman–Crippen MR) is 78.4 cm³/mol. The largest absolute Gasteiger partial charge is 0.399 e. The lowest BCUT2D eigenvalue weighted by Crippen LogP contribution is -2.29. The monoisotopic (exact) mass is 276 g/mol. The maximum atomic E-state index is 11.8. The van der Waals surface area contributed by atoms with Gasteiger partial charge in [0.25, 0.3) is 0 Å². The third-order valence-corrected chi connectivity index (χ3v) is 3.30. The first-order valence-electron chi connectivity index (χ1n) is 6.75. The van der Waals surface area contributed by atoms with Crippen molar-refractivity contribution in [2.75, 3.05) is 30.7 Å². The fourth-order valence-electron chi connectivity index (χ4n) is 2.19. The van der Waals surface area contributed by atoms with Gasteiger partial charge in [-0.05, 0) is 37.1 Å². The van der Waals surface area contributed by atoms with Crippen LogP contribution in [0.2, 0.25) is 0 Å². The number of carbonyl (C=O) groups excluding carboxylic acids is 2. The molecule has 6 heteroatoms. The maximum Gasteiger partial charge on any atom is 0.317 e. The second-order valence-corrected chi connectivity index (χ2v) is 4.95. The van der Waals surface area contributed by atoms with E-state index in [0.29, 0.717) is 31.6 Å². The van der Waals surface area contributed by atoms with E-state index in [4.69, 9.17) is 5.73 Å². The lowest BCUT2D eigenvalue weighted by Gasteiger charge is -2.14. The molecule has 0 spiro atoms. The lowest BCUT2D eigenvalue weighted by atomic mass is 10.1. The summed E-state index contributed by atoms with van der Waals surface area (Å²) in [5.41, 5.74) is 8.07. The summed E-state index contributed by atoms with van der Waals surface area (Å²) in [7, 11) is 0. The van der Waals surface area contributed by atoms with Gasteiger partial charge in [0.2, 0.25) is 5.91 Å². The van der Waals surface area contributed by atoms with Gasteiger partial charge in [-0.3, -0.25) is 4.79 Å². The molecule has 0 aliphatic carbocycles. The van der Waals surface area contributed by atoms with Gasteiger partial charge < -0.3 is 21.3 Å². The van der Waals surface area contributed by atoms with Crippen LogP contribution in [0.15, 0.2) is 18.2 Å². The number of hydrogen-bond acceptors (Lipinski definition) is 3. The Morgan fingerprint density at radius 3 is 2.95 bits per heavy atom. The average Bonchev–Trinajstić information content (AvgIpc) is 2.79. The number of anilines is 2. The van der Waals surface area contributed by atoms with E-state index in [9.17, 15) is 9.59 Å². The molecule has 0 unspecified atom stereocenters. The molecule has 0 bridgehead atoms. The number of urea groups is 1. The van der Waals surface area contributed by atoms with Crippen molar-refractivity contribution in [3.05, 3.63) is 23.8 Å². The Morgan fingerprint density at radius 2 is 2.30 bits per heavy atom. The van der Waals surface area contributed by atoms with Crippen LogP contribution in [0.3, 0.4) is 0 Å². The lowest BCUT2D eigenvalue weighted by molar-refractivity contribution is -0.116. The number of nitrogens with two attached hydrogens (primary N) is 1. The summed E-state index contributed by atoms with van der Waals surface area (Å²) in [6.07, 6.45) is 1.06.